The quantitative estimate of drug-likeness (QED) is 0.191. The Bertz CT molecular complexity index is 1920. The summed E-state index contributed by atoms with van der Waals surface area (Å²) in [6.07, 6.45) is 4.68. The van der Waals surface area contributed by atoms with Crippen molar-refractivity contribution in [2.45, 2.75) is 19.5 Å². The Balaban J connectivity index is 1.12. The van der Waals surface area contributed by atoms with Gasteiger partial charge in [-0.15, -0.1) is 0 Å². The number of halogens is 1. The van der Waals surface area contributed by atoms with E-state index in [-0.39, 0.29) is 0 Å². The summed E-state index contributed by atoms with van der Waals surface area (Å²) in [4.78, 5) is 14.0. The van der Waals surface area contributed by atoms with Crippen molar-refractivity contribution in [3.63, 3.8) is 0 Å². The molecule has 1 aliphatic rings. The minimum absolute atomic E-state index is 0.413. The third-order valence-corrected chi connectivity index (χ3v) is 9.08. The number of piperazine rings is 1. The second-order valence-electron chi connectivity index (χ2n) is 11.7. The first-order valence-corrected chi connectivity index (χ1v) is 15.8. The van der Waals surface area contributed by atoms with E-state index in [9.17, 15) is 0 Å². The molecule has 1 aliphatic heterocycles. The van der Waals surface area contributed by atoms with Gasteiger partial charge < -0.3 is 19.9 Å². The molecule has 0 bridgehead atoms. The zero-order valence-electron chi connectivity index (χ0n) is 25.4. The van der Waals surface area contributed by atoms with Crippen LogP contribution in [0, 0.1) is 0 Å². The number of methoxy groups -OCH3 is 1. The molecule has 9 nitrogen and oxygen atoms in total. The Morgan fingerprint density at radius 3 is 2.49 bits per heavy atom. The number of benzene rings is 3. The zero-order chi connectivity index (χ0) is 30.8. The van der Waals surface area contributed by atoms with E-state index in [0.717, 1.165) is 96.1 Å². The molecule has 0 amide bonds. The summed E-state index contributed by atoms with van der Waals surface area (Å²) < 4.78 is 9.28. The predicted molar refractivity (Wildman–Crippen MR) is 181 cm³/mol. The summed E-state index contributed by atoms with van der Waals surface area (Å²) in [6, 6.07) is 25.0. The molecule has 0 spiro atoms. The highest BCUT2D eigenvalue weighted by Crippen LogP contribution is 2.34. The molecule has 6 aromatic rings. The number of ether oxygens (including phenoxy) is 1. The van der Waals surface area contributed by atoms with Crippen molar-refractivity contribution in [3.05, 3.63) is 101 Å². The van der Waals surface area contributed by atoms with Crippen LogP contribution in [0.15, 0.2) is 85.3 Å². The molecule has 45 heavy (non-hydrogen) atoms. The van der Waals surface area contributed by atoms with Crippen LogP contribution in [0.5, 0.6) is 0 Å². The van der Waals surface area contributed by atoms with Crippen LogP contribution in [0.2, 0.25) is 5.02 Å². The van der Waals surface area contributed by atoms with E-state index in [4.69, 9.17) is 27.2 Å². The lowest BCUT2D eigenvalue weighted by Gasteiger charge is -2.34. The van der Waals surface area contributed by atoms with Crippen molar-refractivity contribution in [1.82, 2.24) is 34.1 Å². The van der Waals surface area contributed by atoms with E-state index in [1.165, 1.54) is 11.9 Å². The van der Waals surface area contributed by atoms with Gasteiger partial charge in [0, 0.05) is 87.2 Å². The molecule has 10 heteroatoms. The van der Waals surface area contributed by atoms with E-state index < -0.39 is 0 Å². The highest BCUT2D eigenvalue weighted by Gasteiger charge is 2.20. The molecular weight excluding hydrogens is 584 g/mol. The first-order valence-electron chi connectivity index (χ1n) is 15.4. The standard InChI is InChI=1S/C35H37ClN8O/c1-45-20-4-14-41-16-18-42(19-17-41)22-25-7-10-29(11-8-25)44-35-32(34(37)38-24-39-35)33(40-44)27-9-12-31-26(21-27)13-15-43(31)23-28-5-2-3-6-30(28)36/h2-3,5-13,15,21,24H,4,14,16-20,22-23H2,1H3,(H2,37,38,39). The molecule has 1 saturated heterocycles. The number of aromatic nitrogens is 5. The van der Waals surface area contributed by atoms with Gasteiger partial charge in [0.15, 0.2) is 5.65 Å². The Morgan fingerprint density at radius 2 is 1.69 bits per heavy atom. The second-order valence-corrected chi connectivity index (χ2v) is 12.1. The van der Waals surface area contributed by atoms with Gasteiger partial charge in [-0.3, -0.25) is 4.90 Å². The van der Waals surface area contributed by atoms with Gasteiger partial charge in [0.1, 0.15) is 17.8 Å². The number of hydrogen-bond donors (Lipinski definition) is 1. The third kappa shape index (κ3) is 6.17. The normalized spacial score (nSPS) is 14.5. The molecule has 230 valence electrons. The van der Waals surface area contributed by atoms with Crippen LogP contribution in [0.3, 0.4) is 0 Å². The van der Waals surface area contributed by atoms with Crippen molar-refractivity contribution in [2.24, 2.45) is 0 Å². The van der Waals surface area contributed by atoms with E-state index in [0.29, 0.717) is 18.0 Å². The van der Waals surface area contributed by atoms with E-state index in [2.05, 4.69) is 85.1 Å². The number of hydrogen-bond acceptors (Lipinski definition) is 7. The molecule has 2 N–H and O–H groups in total. The van der Waals surface area contributed by atoms with Crippen LogP contribution >= 0.6 is 11.6 Å². The Hall–Kier alpha value is -4.28. The highest BCUT2D eigenvalue weighted by atomic mass is 35.5. The molecule has 0 aliphatic carbocycles. The average Bonchev–Trinajstić information content (AvgIpc) is 3.66. The Morgan fingerprint density at radius 1 is 0.889 bits per heavy atom. The molecular formula is C35H37ClN8O. The number of rotatable bonds is 10. The minimum Gasteiger partial charge on any atom is -0.385 e. The number of fused-ring (bicyclic) bond motifs is 2. The molecule has 0 radical (unpaired) electrons. The molecule has 1 fully saturated rings. The Kier molecular flexibility index (Phi) is 8.49. The minimum atomic E-state index is 0.413. The van der Waals surface area contributed by atoms with E-state index in [1.807, 2.05) is 22.9 Å². The number of nitrogens with zero attached hydrogens (tertiary/aromatic N) is 7. The molecule has 4 heterocycles. The summed E-state index contributed by atoms with van der Waals surface area (Å²) >= 11 is 6.44. The highest BCUT2D eigenvalue weighted by molar-refractivity contribution is 6.31. The molecule has 7 rings (SSSR count). The van der Waals surface area contributed by atoms with Gasteiger partial charge in [-0.1, -0.05) is 48.0 Å². The summed E-state index contributed by atoms with van der Waals surface area (Å²) in [5.74, 6) is 0.413. The lowest BCUT2D eigenvalue weighted by molar-refractivity contribution is 0.113. The van der Waals surface area contributed by atoms with Crippen molar-refractivity contribution >= 4 is 39.4 Å². The van der Waals surface area contributed by atoms with Crippen molar-refractivity contribution in [3.8, 4) is 16.9 Å². The fraction of sp³-hybridized carbons (Fsp3) is 0.286. The summed E-state index contributed by atoms with van der Waals surface area (Å²) in [5.41, 5.74) is 13.3. The molecule has 0 saturated carbocycles. The number of nitrogen functional groups attached to an aromatic ring is 1. The average molecular weight is 621 g/mol. The van der Waals surface area contributed by atoms with Crippen LogP contribution in [0.1, 0.15) is 17.5 Å². The lowest BCUT2D eigenvalue weighted by Crippen LogP contribution is -2.46. The van der Waals surface area contributed by atoms with Gasteiger partial charge in [0.05, 0.1) is 11.1 Å². The number of anilines is 1. The van der Waals surface area contributed by atoms with Crippen LogP contribution in [-0.2, 0) is 17.8 Å². The first kappa shape index (κ1) is 29.4. The fourth-order valence-corrected chi connectivity index (χ4v) is 6.45. The van der Waals surface area contributed by atoms with E-state index in [1.54, 1.807) is 7.11 Å². The molecule has 0 unspecified atom stereocenters. The van der Waals surface area contributed by atoms with Crippen molar-refractivity contribution in [1.29, 1.82) is 0 Å². The number of nitrogens with two attached hydrogens (primary N) is 1. The summed E-state index contributed by atoms with van der Waals surface area (Å²) in [6.45, 7) is 7.91. The van der Waals surface area contributed by atoms with Gasteiger partial charge in [0.25, 0.3) is 0 Å². The van der Waals surface area contributed by atoms with Gasteiger partial charge >= 0.3 is 0 Å². The van der Waals surface area contributed by atoms with Crippen LogP contribution in [0.4, 0.5) is 5.82 Å². The van der Waals surface area contributed by atoms with Gasteiger partial charge in [-0.05, 0) is 53.9 Å². The maximum absolute atomic E-state index is 6.44. The van der Waals surface area contributed by atoms with Crippen LogP contribution in [0.25, 0.3) is 38.9 Å². The molecule has 3 aromatic carbocycles. The van der Waals surface area contributed by atoms with Gasteiger partial charge in [-0.2, -0.15) is 5.10 Å². The SMILES string of the molecule is COCCCN1CCN(Cc2ccc(-n3nc(-c4ccc5c(ccn5Cc5ccccc5Cl)c4)c4c(N)ncnc43)cc2)CC1. The first-order chi connectivity index (χ1) is 22.1. The summed E-state index contributed by atoms with van der Waals surface area (Å²) in [7, 11) is 1.77. The van der Waals surface area contributed by atoms with Crippen molar-refractivity contribution < 1.29 is 4.74 Å². The molecule has 0 atom stereocenters. The topological polar surface area (TPSA) is 90.3 Å². The van der Waals surface area contributed by atoms with Gasteiger partial charge in [-0.25, -0.2) is 14.6 Å². The fourth-order valence-electron chi connectivity index (χ4n) is 6.26. The van der Waals surface area contributed by atoms with Crippen LogP contribution < -0.4 is 5.73 Å². The summed E-state index contributed by atoms with van der Waals surface area (Å²) in [5, 5.41) is 7.68. The predicted octanol–water partition coefficient (Wildman–Crippen LogP) is 5.88. The smallest absolute Gasteiger partial charge is 0.169 e. The lowest BCUT2D eigenvalue weighted by atomic mass is 10.1. The zero-order valence-corrected chi connectivity index (χ0v) is 26.2. The molecule has 3 aromatic heterocycles. The van der Waals surface area contributed by atoms with E-state index >= 15 is 0 Å². The Labute approximate surface area is 267 Å². The maximum atomic E-state index is 6.44. The third-order valence-electron chi connectivity index (χ3n) is 8.71. The monoisotopic (exact) mass is 620 g/mol. The van der Waals surface area contributed by atoms with Crippen molar-refractivity contribution in [2.75, 3.05) is 52.2 Å². The van der Waals surface area contributed by atoms with Crippen LogP contribution in [-0.4, -0.2) is 80.6 Å². The largest absolute Gasteiger partial charge is 0.385 e. The maximum Gasteiger partial charge on any atom is 0.169 e. The van der Waals surface area contributed by atoms with Gasteiger partial charge in [0.2, 0.25) is 0 Å². The second kappa shape index (κ2) is 13.0.